The number of hydrogen-bond acceptors (Lipinski definition) is 2. The van der Waals surface area contributed by atoms with Crippen molar-refractivity contribution >= 4 is 5.97 Å². The van der Waals surface area contributed by atoms with Crippen molar-refractivity contribution in [2.24, 2.45) is 7.05 Å². The highest BCUT2D eigenvalue weighted by Gasteiger charge is 2.31. The molecule has 1 heterocycles. The maximum Gasteiger partial charge on any atom is 0.312 e. The average molecular weight is 166 g/mol. The van der Waals surface area contributed by atoms with Crippen LogP contribution in [0.5, 0.6) is 0 Å². The molecule has 0 bridgehead atoms. The summed E-state index contributed by atoms with van der Waals surface area (Å²) in [6.07, 6.45) is 3.21. The Kier molecular flexibility index (Phi) is 1.43. The van der Waals surface area contributed by atoms with Gasteiger partial charge in [-0.1, -0.05) is 0 Å². The molecule has 1 aliphatic carbocycles. The first-order chi connectivity index (χ1) is 5.70. The SMILES string of the molecule is Cn1cnc2c1CCC2C(=O)O. The van der Waals surface area contributed by atoms with Crippen molar-refractivity contribution < 1.29 is 9.90 Å². The van der Waals surface area contributed by atoms with Crippen molar-refractivity contribution in [3.8, 4) is 0 Å². The van der Waals surface area contributed by atoms with E-state index in [1.165, 1.54) is 0 Å². The van der Waals surface area contributed by atoms with Crippen LogP contribution in [0.25, 0.3) is 0 Å². The molecule has 1 unspecified atom stereocenters. The summed E-state index contributed by atoms with van der Waals surface area (Å²) in [5, 5.41) is 8.82. The second kappa shape index (κ2) is 2.33. The van der Waals surface area contributed by atoms with Crippen LogP contribution in [0.4, 0.5) is 0 Å². The number of imidazole rings is 1. The maximum absolute atomic E-state index is 10.7. The first-order valence-corrected chi connectivity index (χ1v) is 3.93. The predicted octanol–water partition coefficient (Wildman–Crippen LogP) is 0.534. The third-order valence-electron chi connectivity index (χ3n) is 2.39. The molecule has 0 saturated heterocycles. The topological polar surface area (TPSA) is 55.1 Å². The van der Waals surface area contributed by atoms with Gasteiger partial charge in [0.25, 0.3) is 0 Å². The van der Waals surface area contributed by atoms with E-state index >= 15 is 0 Å². The molecule has 0 spiro atoms. The number of nitrogens with zero attached hydrogens (tertiary/aromatic N) is 2. The summed E-state index contributed by atoms with van der Waals surface area (Å²) >= 11 is 0. The molecule has 4 nitrogen and oxygen atoms in total. The van der Waals surface area contributed by atoms with E-state index in [9.17, 15) is 4.79 Å². The summed E-state index contributed by atoms with van der Waals surface area (Å²) < 4.78 is 1.90. The van der Waals surface area contributed by atoms with Gasteiger partial charge >= 0.3 is 5.97 Å². The largest absolute Gasteiger partial charge is 0.481 e. The monoisotopic (exact) mass is 166 g/mol. The second-order valence-electron chi connectivity index (χ2n) is 3.12. The lowest BCUT2D eigenvalue weighted by atomic mass is 10.1. The van der Waals surface area contributed by atoms with E-state index in [-0.39, 0.29) is 5.92 Å². The lowest BCUT2D eigenvalue weighted by molar-refractivity contribution is -0.138. The number of carbonyl (C=O) groups is 1. The Morgan fingerprint density at radius 1 is 1.83 bits per heavy atom. The first-order valence-electron chi connectivity index (χ1n) is 3.93. The molecule has 4 heteroatoms. The van der Waals surface area contributed by atoms with Gasteiger partial charge in [-0.25, -0.2) is 4.98 Å². The number of aromatic nitrogens is 2. The van der Waals surface area contributed by atoms with Crippen molar-refractivity contribution in [1.29, 1.82) is 0 Å². The van der Waals surface area contributed by atoms with Gasteiger partial charge in [-0.3, -0.25) is 4.79 Å². The molecule has 0 amide bonds. The van der Waals surface area contributed by atoms with Crippen molar-refractivity contribution in [2.75, 3.05) is 0 Å². The summed E-state index contributed by atoms with van der Waals surface area (Å²) in [6.45, 7) is 0. The molecule has 2 rings (SSSR count). The zero-order valence-corrected chi connectivity index (χ0v) is 6.82. The minimum atomic E-state index is -0.757. The van der Waals surface area contributed by atoms with Crippen LogP contribution < -0.4 is 0 Å². The standard InChI is InChI=1S/C8H10N2O2/c1-10-4-9-7-5(8(11)12)2-3-6(7)10/h4-5H,2-3H2,1H3,(H,11,12). The number of aryl methyl sites for hydroxylation is 1. The van der Waals surface area contributed by atoms with Gasteiger partial charge in [-0.05, 0) is 12.8 Å². The summed E-state index contributed by atoms with van der Waals surface area (Å²) in [5.74, 6) is -1.13. The molecular weight excluding hydrogens is 156 g/mol. The Hall–Kier alpha value is -1.32. The summed E-state index contributed by atoms with van der Waals surface area (Å²) in [4.78, 5) is 14.8. The van der Waals surface area contributed by atoms with Crippen molar-refractivity contribution in [3.63, 3.8) is 0 Å². The van der Waals surface area contributed by atoms with Crippen molar-refractivity contribution in [3.05, 3.63) is 17.7 Å². The van der Waals surface area contributed by atoms with E-state index in [0.29, 0.717) is 6.42 Å². The molecule has 0 fully saturated rings. The smallest absolute Gasteiger partial charge is 0.312 e. The number of rotatable bonds is 1. The Bertz CT molecular complexity index is 330. The summed E-state index contributed by atoms with van der Waals surface area (Å²) in [7, 11) is 1.90. The molecule has 1 aliphatic rings. The first kappa shape index (κ1) is 7.34. The molecule has 1 atom stereocenters. The predicted molar refractivity (Wildman–Crippen MR) is 41.9 cm³/mol. The van der Waals surface area contributed by atoms with Gasteiger partial charge in [0, 0.05) is 12.7 Å². The Morgan fingerprint density at radius 2 is 2.58 bits per heavy atom. The molecule has 64 valence electrons. The van der Waals surface area contributed by atoms with Gasteiger partial charge < -0.3 is 9.67 Å². The molecular formula is C8H10N2O2. The lowest BCUT2D eigenvalue weighted by Gasteiger charge is -1.99. The highest BCUT2D eigenvalue weighted by molar-refractivity contribution is 5.76. The van der Waals surface area contributed by atoms with Gasteiger partial charge in [0.15, 0.2) is 0 Å². The minimum absolute atomic E-state index is 0.374. The normalized spacial score (nSPS) is 20.9. The van der Waals surface area contributed by atoms with Gasteiger partial charge in [0.05, 0.1) is 12.0 Å². The van der Waals surface area contributed by atoms with Gasteiger partial charge in [-0.15, -0.1) is 0 Å². The fourth-order valence-electron chi connectivity index (χ4n) is 1.73. The van der Waals surface area contributed by atoms with E-state index in [0.717, 1.165) is 17.8 Å². The van der Waals surface area contributed by atoms with Crippen LogP contribution in [0.3, 0.4) is 0 Å². The Morgan fingerprint density at radius 3 is 3.25 bits per heavy atom. The second-order valence-corrected chi connectivity index (χ2v) is 3.12. The van der Waals surface area contributed by atoms with Crippen molar-refractivity contribution in [1.82, 2.24) is 9.55 Å². The molecule has 12 heavy (non-hydrogen) atoms. The zero-order valence-electron chi connectivity index (χ0n) is 6.82. The third kappa shape index (κ3) is 0.841. The number of carboxylic acids is 1. The highest BCUT2D eigenvalue weighted by atomic mass is 16.4. The molecule has 0 aliphatic heterocycles. The van der Waals surface area contributed by atoms with Crippen molar-refractivity contribution in [2.45, 2.75) is 18.8 Å². The van der Waals surface area contributed by atoms with Crippen LogP contribution in [0, 0.1) is 0 Å². The number of hydrogen-bond donors (Lipinski definition) is 1. The Balaban J connectivity index is 2.43. The zero-order chi connectivity index (χ0) is 8.72. The van der Waals surface area contributed by atoms with E-state index in [2.05, 4.69) is 4.98 Å². The third-order valence-corrected chi connectivity index (χ3v) is 2.39. The molecule has 0 aromatic carbocycles. The maximum atomic E-state index is 10.7. The van der Waals surface area contributed by atoms with E-state index in [4.69, 9.17) is 5.11 Å². The number of fused-ring (bicyclic) bond motifs is 1. The van der Waals surface area contributed by atoms with Crippen LogP contribution in [0.15, 0.2) is 6.33 Å². The molecule has 1 aromatic heterocycles. The molecule has 0 radical (unpaired) electrons. The van der Waals surface area contributed by atoms with Crippen LogP contribution in [-0.4, -0.2) is 20.6 Å². The van der Waals surface area contributed by atoms with Gasteiger partial charge in [0.1, 0.15) is 5.92 Å². The summed E-state index contributed by atoms with van der Waals surface area (Å²) in [6, 6.07) is 0. The van der Waals surface area contributed by atoms with Gasteiger partial charge in [0.2, 0.25) is 0 Å². The number of carboxylic acid groups (broad SMARTS) is 1. The summed E-state index contributed by atoms with van der Waals surface area (Å²) in [5.41, 5.74) is 1.83. The fraction of sp³-hybridized carbons (Fsp3) is 0.500. The van der Waals surface area contributed by atoms with Crippen LogP contribution in [0.2, 0.25) is 0 Å². The van der Waals surface area contributed by atoms with E-state index < -0.39 is 5.97 Å². The Labute approximate surface area is 69.8 Å². The minimum Gasteiger partial charge on any atom is -0.481 e. The van der Waals surface area contributed by atoms with Crippen LogP contribution >= 0.6 is 0 Å². The molecule has 1 N–H and O–H groups in total. The van der Waals surface area contributed by atoms with Crippen LogP contribution in [0.1, 0.15) is 23.7 Å². The lowest BCUT2D eigenvalue weighted by Crippen LogP contribution is -2.08. The number of aliphatic carboxylic acids is 1. The highest BCUT2D eigenvalue weighted by Crippen LogP contribution is 2.31. The van der Waals surface area contributed by atoms with Crippen LogP contribution in [-0.2, 0) is 18.3 Å². The average Bonchev–Trinajstić information content (AvgIpc) is 2.53. The molecule has 1 aromatic rings. The molecule has 0 saturated carbocycles. The fourth-order valence-corrected chi connectivity index (χ4v) is 1.73. The van der Waals surface area contributed by atoms with E-state index in [1.54, 1.807) is 6.33 Å². The van der Waals surface area contributed by atoms with Gasteiger partial charge in [-0.2, -0.15) is 0 Å². The quantitative estimate of drug-likeness (QED) is 0.662. The van der Waals surface area contributed by atoms with E-state index in [1.807, 2.05) is 11.6 Å².